The second kappa shape index (κ2) is 4.02. The van der Waals surface area contributed by atoms with E-state index in [1.54, 1.807) is 6.20 Å². The summed E-state index contributed by atoms with van der Waals surface area (Å²) in [7, 11) is 0. The van der Waals surface area contributed by atoms with Gasteiger partial charge in [-0.25, -0.2) is 0 Å². The molecular formula is C10H14N2. The fourth-order valence-corrected chi connectivity index (χ4v) is 1.08. The van der Waals surface area contributed by atoms with Crippen molar-refractivity contribution in [3.63, 3.8) is 0 Å². The van der Waals surface area contributed by atoms with Gasteiger partial charge in [-0.3, -0.25) is 4.98 Å². The lowest BCUT2D eigenvalue weighted by Crippen LogP contribution is -2.11. The Bertz CT molecular complexity index is 254. The van der Waals surface area contributed by atoms with E-state index in [0.717, 1.165) is 17.7 Å². The average molecular weight is 162 g/mol. The third-order valence-corrected chi connectivity index (χ3v) is 1.64. The summed E-state index contributed by atoms with van der Waals surface area (Å²) in [6.45, 7) is 5.79. The Morgan fingerprint density at radius 2 is 2.42 bits per heavy atom. The van der Waals surface area contributed by atoms with Gasteiger partial charge in [-0.05, 0) is 25.5 Å². The minimum atomic E-state index is -0.0105. The summed E-state index contributed by atoms with van der Waals surface area (Å²) < 4.78 is 0. The van der Waals surface area contributed by atoms with Crippen LogP contribution in [0.3, 0.4) is 0 Å². The summed E-state index contributed by atoms with van der Waals surface area (Å²) in [5.41, 5.74) is 7.89. The first-order valence-corrected chi connectivity index (χ1v) is 4.01. The van der Waals surface area contributed by atoms with Crippen molar-refractivity contribution in [2.75, 3.05) is 0 Å². The second-order valence-corrected chi connectivity index (χ2v) is 3.02. The Hall–Kier alpha value is -1.15. The first kappa shape index (κ1) is 8.94. The Morgan fingerprint density at radius 1 is 1.67 bits per heavy atom. The monoisotopic (exact) mass is 162 g/mol. The lowest BCUT2D eigenvalue weighted by molar-refractivity contribution is 0.692. The number of hydrogen-bond acceptors (Lipinski definition) is 2. The van der Waals surface area contributed by atoms with Crippen LogP contribution in [0.5, 0.6) is 0 Å². The van der Waals surface area contributed by atoms with Crippen molar-refractivity contribution in [2.24, 2.45) is 5.73 Å². The van der Waals surface area contributed by atoms with Crippen LogP contribution in [0.1, 0.15) is 25.1 Å². The maximum absolute atomic E-state index is 5.87. The normalized spacial score (nSPS) is 12.5. The molecule has 0 bridgehead atoms. The number of nitrogens with zero attached hydrogens (tertiary/aromatic N) is 1. The Morgan fingerprint density at radius 3 is 2.92 bits per heavy atom. The summed E-state index contributed by atoms with van der Waals surface area (Å²) in [5.74, 6) is 0. The van der Waals surface area contributed by atoms with Gasteiger partial charge in [0.15, 0.2) is 0 Å². The van der Waals surface area contributed by atoms with Crippen LogP contribution in [0.25, 0.3) is 0 Å². The highest BCUT2D eigenvalue weighted by Crippen LogP contribution is 2.14. The van der Waals surface area contributed by atoms with E-state index < -0.39 is 0 Å². The molecule has 0 aliphatic carbocycles. The lowest BCUT2D eigenvalue weighted by atomic mass is 10.1. The van der Waals surface area contributed by atoms with E-state index in [0.29, 0.717) is 0 Å². The molecule has 0 aliphatic heterocycles. The van der Waals surface area contributed by atoms with Gasteiger partial charge in [0.25, 0.3) is 0 Å². The number of nitrogens with two attached hydrogens (primary N) is 1. The Balaban J connectivity index is 2.65. The van der Waals surface area contributed by atoms with E-state index >= 15 is 0 Å². The number of aromatic nitrogens is 1. The molecule has 1 aromatic heterocycles. The van der Waals surface area contributed by atoms with Gasteiger partial charge in [-0.1, -0.05) is 11.6 Å². The van der Waals surface area contributed by atoms with Gasteiger partial charge in [0, 0.05) is 6.20 Å². The van der Waals surface area contributed by atoms with Crippen molar-refractivity contribution in [1.29, 1.82) is 0 Å². The molecule has 64 valence electrons. The fourth-order valence-electron chi connectivity index (χ4n) is 1.08. The molecular weight excluding hydrogens is 148 g/mol. The van der Waals surface area contributed by atoms with Crippen molar-refractivity contribution in [3.8, 4) is 0 Å². The molecule has 0 saturated heterocycles. The van der Waals surface area contributed by atoms with Crippen LogP contribution < -0.4 is 5.73 Å². The molecule has 1 aromatic rings. The molecule has 0 fully saturated rings. The van der Waals surface area contributed by atoms with Gasteiger partial charge in [-0.15, -0.1) is 6.58 Å². The molecule has 2 N–H and O–H groups in total. The molecule has 1 atom stereocenters. The molecule has 2 nitrogen and oxygen atoms in total. The third kappa shape index (κ3) is 2.47. The molecule has 1 rings (SSSR count). The van der Waals surface area contributed by atoms with Crippen LogP contribution in [0.4, 0.5) is 0 Å². The average Bonchev–Trinajstić information content (AvgIpc) is 2.05. The van der Waals surface area contributed by atoms with Gasteiger partial charge in [-0.2, -0.15) is 0 Å². The highest BCUT2D eigenvalue weighted by Gasteiger charge is 2.05. The van der Waals surface area contributed by atoms with Crippen molar-refractivity contribution >= 4 is 0 Å². The molecule has 0 amide bonds. The molecule has 2 heteroatoms. The SMILES string of the molecule is C=C(C)C[C@H](N)c1ccccn1. The molecule has 0 aliphatic rings. The van der Waals surface area contributed by atoms with E-state index in [1.807, 2.05) is 25.1 Å². The summed E-state index contributed by atoms with van der Waals surface area (Å²) in [6, 6.07) is 5.76. The molecule has 1 heterocycles. The zero-order valence-electron chi connectivity index (χ0n) is 7.33. The minimum absolute atomic E-state index is 0.0105. The van der Waals surface area contributed by atoms with Crippen LogP contribution in [0, 0.1) is 0 Å². The predicted molar refractivity (Wildman–Crippen MR) is 50.6 cm³/mol. The van der Waals surface area contributed by atoms with E-state index in [2.05, 4.69) is 11.6 Å². The quantitative estimate of drug-likeness (QED) is 0.691. The number of rotatable bonds is 3. The zero-order chi connectivity index (χ0) is 8.97. The summed E-state index contributed by atoms with van der Waals surface area (Å²) in [5, 5.41) is 0. The summed E-state index contributed by atoms with van der Waals surface area (Å²) in [4.78, 5) is 4.17. The van der Waals surface area contributed by atoms with E-state index in [1.165, 1.54) is 0 Å². The van der Waals surface area contributed by atoms with Gasteiger partial charge in [0.05, 0.1) is 11.7 Å². The highest BCUT2D eigenvalue weighted by molar-refractivity contribution is 5.10. The fraction of sp³-hybridized carbons (Fsp3) is 0.300. The first-order chi connectivity index (χ1) is 5.70. The Kier molecular flexibility index (Phi) is 3.00. The van der Waals surface area contributed by atoms with Crippen molar-refractivity contribution in [3.05, 3.63) is 42.2 Å². The second-order valence-electron chi connectivity index (χ2n) is 3.02. The molecule has 0 aromatic carbocycles. The van der Waals surface area contributed by atoms with Gasteiger partial charge >= 0.3 is 0 Å². The van der Waals surface area contributed by atoms with Crippen LogP contribution in [0.15, 0.2) is 36.5 Å². The molecule has 12 heavy (non-hydrogen) atoms. The highest BCUT2D eigenvalue weighted by atomic mass is 14.8. The van der Waals surface area contributed by atoms with E-state index in [9.17, 15) is 0 Å². The number of pyridine rings is 1. The standard InChI is InChI=1S/C10H14N2/c1-8(2)7-9(11)10-5-3-4-6-12-10/h3-6,9H,1,7,11H2,2H3/t9-/m0/s1. The van der Waals surface area contributed by atoms with E-state index in [4.69, 9.17) is 5.73 Å². The van der Waals surface area contributed by atoms with Crippen LogP contribution in [-0.4, -0.2) is 4.98 Å². The minimum Gasteiger partial charge on any atom is -0.322 e. The summed E-state index contributed by atoms with van der Waals surface area (Å²) >= 11 is 0. The van der Waals surface area contributed by atoms with Crippen LogP contribution >= 0.6 is 0 Å². The van der Waals surface area contributed by atoms with Crippen molar-refractivity contribution < 1.29 is 0 Å². The largest absolute Gasteiger partial charge is 0.322 e. The third-order valence-electron chi connectivity index (χ3n) is 1.64. The zero-order valence-corrected chi connectivity index (χ0v) is 7.33. The van der Waals surface area contributed by atoms with Crippen molar-refractivity contribution in [1.82, 2.24) is 4.98 Å². The molecule has 0 radical (unpaired) electrons. The maximum atomic E-state index is 5.87. The number of hydrogen-bond donors (Lipinski definition) is 1. The van der Waals surface area contributed by atoms with E-state index in [-0.39, 0.29) is 6.04 Å². The smallest absolute Gasteiger partial charge is 0.0574 e. The predicted octanol–water partition coefficient (Wildman–Crippen LogP) is 2.05. The van der Waals surface area contributed by atoms with Gasteiger partial charge in [0.2, 0.25) is 0 Å². The topological polar surface area (TPSA) is 38.9 Å². The summed E-state index contributed by atoms with van der Waals surface area (Å²) in [6.07, 6.45) is 2.56. The van der Waals surface area contributed by atoms with Crippen molar-refractivity contribution in [2.45, 2.75) is 19.4 Å². The van der Waals surface area contributed by atoms with Crippen LogP contribution in [-0.2, 0) is 0 Å². The molecule has 0 spiro atoms. The first-order valence-electron chi connectivity index (χ1n) is 4.01. The lowest BCUT2D eigenvalue weighted by Gasteiger charge is -2.09. The van der Waals surface area contributed by atoms with Gasteiger partial charge < -0.3 is 5.73 Å². The molecule has 0 unspecified atom stereocenters. The van der Waals surface area contributed by atoms with Gasteiger partial charge in [0.1, 0.15) is 0 Å². The molecule has 0 saturated carbocycles. The van der Waals surface area contributed by atoms with Crippen LogP contribution in [0.2, 0.25) is 0 Å². The Labute approximate surface area is 73.1 Å². The maximum Gasteiger partial charge on any atom is 0.0574 e.